The molecule has 33 heavy (non-hydrogen) atoms. The number of anilines is 1. The number of amides is 1. The fraction of sp³-hybridized carbons (Fsp3) is 0.500. The van der Waals surface area contributed by atoms with Gasteiger partial charge in [0.25, 0.3) is 0 Å². The van der Waals surface area contributed by atoms with E-state index in [1.165, 1.54) is 12.1 Å². The number of benzene rings is 1. The lowest BCUT2D eigenvalue weighted by atomic mass is 10.0. The smallest absolute Gasteiger partial charge is 0.416 e. The van der Waals surface area contributed by atoms with Crippen LogP contribution in [0, 0.1) is 19.8 Å². The summed E-state index contributed by atoms with van der Waals surface area (Å²) in [7, 11) is 0. The summed E-state index contributed by atoms with van der Waals surface area (Å²) in [4.78, 5) is 28.3. The predicted octanol–water partition coefficient (Wildman–Crippen LogP) is 3.16. The van der Waals surface area contributed by atoms with Crippen LogP contribution in [0.2, 0.25) is 0 Å². The Morgan fingerprint density at radius 2 is 1.85 bits per heavy atom. The topological polar surface area (TPSA) is 98.9 Å². The average Bonchev–Trinajstić information content (AvgIpc) is 3.06. The number of hydrogen-bond acceptors (Lipinski definition) is 6. The van der Waals surface area contributed by atoms with E-state index in [0.717, 1.165) is 42.2 Å². The van der Waals surface area contributed by atoms with Crippen molar-refractivity contribution in [3.63, 3.8) is 0 Å². The number of nitrogens with one attached hydrogen (secondary N) is 1. The molecule has 2 N–H and O–H groups in total. The lowest BCUT2D eigenvalue weighted by molar-refractivity contribution is -0.144. The number of aliphatic carboxylic acids is 1. The van der Waals surface area contributed by atoms with Crippen molar-refractivity contribution in [3.8, 4) is 0 Å². The minimum absolute atomic E-state index is 0.0214. The lowest BCUT2D eigenvalue weighted by Crippen LogP contribution is -2.48. The molecule has 1 amide bonds. The maximum Gasteiger partial charge on any atom is 0.416 e. The van der Waals surface area contributed by atoms with Crippen LogP contribution in [0.4, 0.5) is 18.9 Å². The van der Waals surface area contributed by atoms with Crippen molar-refractivity contribution in [2.75, 3.05) is 38.0 Å². The highest BCUT2D eigenvalue weighted by Gasteiger charge is 2.31. The number of aryl methyl sites for hydroxylation is 2. The fourth-order valence-electron chi connectivity index (χ4n) is 3.83. The molecule has 1 aliphatic rings. The van der Waals surface area contributed by atoms with Crippen LogP contribution < -0.4 is 5.32 Å². The molecule has 2 heterocycles. The van der Waals surface area contributed by atoms with Crippen LogP contribution in [-0.4, -0.2) is 64.7 Å². The Kier molecular flexibility index (Phi) is 7.75. The van der Waals surface area contributed by atoms with E-state index in [4.69, 9.17) is 4.52 Å². The number of hydrogen-bond donors (Lipinski definition) is 2. The molecule has 1 unspecified atom stereocenters. The maximum atomic E-state index is 12.8. The van der Waals surface area contributed by atoms with Crippen LogP contribution in [0.3, 0.4) is 0 Å². The molecule has 1 aliphatic heterocycles. The van der Waals surface area contributed by atoms with Crippen molar-refractivity contribution < 1.29 is 32.4 Å². The summed E-state index contributed by atoms with van der Waals surface area (Å²) in [6.07, 6.45) is -4.86. The number of carboxylic acids is 1. The molecule has 0 aliphatic carbocycles. The summed E-state index contributed by atoms with van der Waals surface area (Å²) in [5.41, 5.74) is 1.00. The highest BCUT2D eigenvalue weighted by atomic mass is 19.4. The van der Waals surface area contributed by atoms with E-state index in [1.54, 1.807) is 0 Å². The number of carbonyl (C=O) groups excluding carboxylic acids is 1. The van der Waals surface area contributed by atoms with E-state index in [9.17, 15) is 27.9 Å². The predicted molar refractivity (Wildman–Crippen MR) is 114 cm³/mol. The quantitative estimate of drug-likeness (QED) is 0.614. The molecule has 11 heteroatoms. The molecule has 180 valence electrons. The number of nitrogens with zero attached hydrogens (tertiary/aromatic N) is 3. The minimum Gasteiger partial charge on any atom is -0.481 e. The van der Waals surface area contributed by atoms with Crippen molar-refractivity contribution in [2.45, 2.75) is 33.0 Å². The summed E-state index contributed by atoms with van der Waals surface area (Å²) in [6.45, 7) is 7.39. The summed E-state index contributed by atoms with van der Waals surface area (Å²) < 4.78 is 43.7. The molecule has 1 fully saturated rings. The second-order valence-electron chi connectivity index (χ2n) is 8.25. The third-order valence-corrected chi connectivity index (χ3v) is 5.76. The van der Waals surface area contributed by atoms with Gasteiger partial charge in [0.2, 0.25) is 5.91 Å². The van der Waals surface area contributed by atoms with Gasteiger partial charge in [0.15, 0.2) is 0 Å². The largest absolute Gasteiger partial charge is 0.481 e. The standard InChI is InChI=1S/C22H27F3N4O4/c1-14-19(15(2)33-27-14)13-29-8-6-28(7-9-29)12-16(21(31)32)10-20(30)26-18-5-3-4-17(11-18)22(23,24)25/h3-5,11,16H,6-10,12-13H2,1-2H3,(H,26,30)(H,31,32). The Labute approximate surface area is 189 Å². The fourth-order valence-corrected chi connectivity index (χ4v) is 3.83. The SMILES string of the molecule is Cc1noc(C)c1CN1CCN(CC(CC(=O)Nc2cccc(C(F)(F)F)c2)C(=O)O)CC1. The zero-order valence-corrected chi connectivity index (χ0v) is 18.5. The van der Waals surface area contributed by atoms with Crippen molar-refractivity contribution >= 4 is 17.6 Å². The van der Waals surface area contributed by atoms with Gasteiger partial charge in [-0.2, -0.15) is 13.2 Å². The highest BCUT2D eigenvalue weighted by Crippen LogP contribution is 2.30. The third-order valence-electron chi connectivity index (χ3n) is 5.76. The van der Waals surface area contributed by atoms with Gasteiger partial charge in [0.05, 0.1) is 17.2 Å². The minimum atomic E-state index is -4.53. The molecule has 1 aromatic heterocycles. The van der Waals surface area contributed by atoms with Gasteiger partial charge in [-0.25, -0.2) is 0 Å². The molecule has 0 saturated carbocycles. The zero-order valence-electron chi connectivity index (χ0n) is 18.5. The van der Waals surface area contributed by atoms with Crippen molar-refractivity contribution in [2.24, 2.45) is 5.92 Å². The monoisotopic (exact) mass is 468 g/mol. The second kappa shape index (κ2) is 10.3. The van der Waals surface area contributed by atoms with Crippen LogP contribution in [0.1, 0.15) is 29.0 Å². The van der Waals surface area contributed by atoms with Crippen LogP contribution in [0.15, 0.2) is 28.8 Å². The van der Waals surface area contributed by atoms with E-state index < -0.39 is 29.5 Å². The first-order chi connectivity index (χ1) is 15.5. The van der Waals surface area contributed by atoms with Crippen LogP contribution >= 0.6 is 0 Å². The molecule has 0 radical (unpaired) electrons. The van der Waals surface area contributed by atoms with Gasteiger partial charge < -0.3 is 14.9 Å². The van der Waals surface area contributed by atoms with E-state index in [-0.39, 0.29) is 18.7 Å². The summed E-state index contributed by atoms with van der Waals surface area (Å²) in [6, 6.07) is 4.25. The second-order valence-corrected chi connectivity index (χ2v) is 8.25. The van der Waals surface area contributed by atoms with Crippen LogP contribution in [0.5, 0.6) is 0 Å². The van der Waals surface area contributed by atoms with Gasteiger partial charge in [-0.3, -0.25) is 19.4 Å². The third kappa shape index (κ3) is 6.78. The number of aromatic nitrogens is 1. The molecule has 1 saturated heterocycles. The summed E-state index contributed by atoms with van der Waals surface area (Å²) in [5.74, 6) is -1.94. The van der Waals surface area contributed by atoms with Gasteiger partial charge in [-0.15, -0.1) is 0 Å². The van der Waals surface area contributed by atoms with Crippen molar-refractivity contribution in [3.05, 3.63) is 46.8 Å². The first-order valence-electron chi connectivity index (χ1n) is 10.6. The van der Waals surface area contributed by atoms with Crippen LogP contribution in [-0.2, 0) is 22.3 Å². The lowest BCUT2D eigenvalue weighted by Gasteiger charge is -2.35. The number of halogens is 3. The van der Waals surface area contributed by atoms with Gasteiger partial charge in [-0.1, -0.05) is 11.2 Å². The Hall–Kier alpha value is -2.92. The molecule has 2 aromatic rings. The van der Waals surface area contributed by atoms with Gasteiger partial charge >= 0.3 is 12.1 Å². The Balaban J connectivity index is 1.51. The first kappa shape index (κ1) is 24.7. The zero-order chi connectivity index (χ0) is 24.2. The van der Waals surface area contributed by atoms with E-state index in [1.807, 2.05) is 18.7 Å². The summed E-state index contributed by atoms with van der Waals surface area (Å²) in [5, 5.41) is 15.9. The van der Waals surface area contributed by atoms with Gasteiger partial charge in [0.1, 0.15) is 5.76 Å². The van der Waals surface area contributed by atoms with Gasteiger partial charge in [0, 0.05) is 56.9 Å². The Morgan fingerprint density at radius 3 is 2.42 bits per heavy atom. The van der Waals surface area contributed by atoms with Crippen molar-refractivity contribution in [1.82, 2.24) is 15.0 Å². The summed E-state index contributed by atoms with van der Waals surface area (Å²) >= 11 is 0. The van der Waals surface area contributed by atoms with Gasteiger partial charge in [-0.05, 0) is 32.0 Å². The number of carboxylic acid groups (broad SMARTS) is 1. The maximum absolute atomic E-state index is 12.8. The van der Waals surface area contributed by atoms with E-state index in [0.29, 0.717) is 19.6 Å². The number of piperazine rings is 1. The number of rotatable bonds is 8. The molecule has 0 spiro atoms. The van der Waals surface area contributed by atoms with Crippen LogP contribution in [0.25, 0.3) is 0 Å². The Morgan fingerprint density at radius 1 is 1.18 bits per heavy atom. The number of alkyl halides is 3. The molecule has 3 rings (SSSR count). The van der Waals surface area contributed by atoms with E-state index in [2.05, 4.69) is 15.4 Å². The average molecular weight is 468 g/mol. The van der Waals surface area contributed by atoms with Crippen molar-refractivity contribution in [1.29, 1.82) is 0 Å². The Bertz CT molecular complexity index is 965. The molecular weight excluding hydrogens is 441 g/mol. The normalized spacial score (nSPS) is 16.5. The highest BCUT2D eigenvalue weighted by molar-refractivity contribution is 5.93. The number of carbonyl (C=O) groups is 2. The molecule has 0 bridgehead atoms. The molecule has 1 aromatic carbocycles. The molecule has 8 nitrogen and oxygen atoms in total. The molecular formula is C22H27F3N4O4. The first-order valence-corrected chi connectivity index (χ1v) is 10.6. The molecule has 1 atom stereocenters. The van der Waals surface area contributed by atoms with E-state index >= 15 is 0 Å².